The van der Waals surface area contributed by atoms with Gasteiger partial charge in [-0.2, -0.15) is 0 Å². The van der Waals surface area contributed by atoms with Crippen molar-refractivity contribution in [2.75, 3.05) is 38.1 Å². The number of hydrogen-bond acceptors (Lipinski definition) is 6. The summed E-state index contributed by atoms with van der Waals surface area (Å²) in [7, 11) is 1.54. The van der Waals surface area contributed by atoms with Gasteiger partial charge in [-0.1, -0.05) is 30.3 Å². The van der Waals surface area contributed by atoms with Crippen LogP contribution in [0.25, 0.3) is 5.57 Å². The highest BCUT2D eigenvalue weighted by Gasteiger charge is 2.40. The van der Waals surface area contributed by atoms with Gasteiger partial charge in [-0.05, 0) is 11.6 Å². The summed E-state index contributed by atoms with van der Waals surface area (Å²) in [4.78, 5) is 39.2. The molecule has 1 fully saturated rings. The van der Waals surface area contributed by atoms with E-state index >= 15 is 0 Å². The number of benzene rings is 1. The van der Waals surface area contributed by atoms with Crippen molar-refractivity contribution in [2.45, 2.75) is 0 Å². The highest BCUT2D eigenvalue weighted by molar-refractivity contribution is 6.35. The van der Waals surface area contributed by atoms with Gasteiger partial charge in [0.2, 0.25) is 5.95 Å². The molecule has 2 amide bonds. The molecule has 0 atom stereocenters. The monoisotopic (exact) mass is 349 g/mol. The summed E-state index contributed by atoms with van der Waals surface area (Å²) < 4.78 is 0. The van der Waals surface area contributed by atoms with E-state index in [1.807, 2.05) is 35.2 Å². The molecule has 2 aliphatic rings. The number of imide groups is 1. The first-order chi connectivity index (χ1) is 12.7. The molecule has 0 unspecified atom stereocenters. The molecule has 4 rings (SSSR count). The number of anilines is 1. The van der Waals surface area contributed by atoms with Gasteiger partial charge >= 0.3 is 0 Å². The Morgan fingerprint density at radius 1 is 0.808 bits per heavy atom. The fourth-order valence-electron chi connectivity index (χ4n) is 3.37. The zero-order valence-electron chi connectivity index (χ0n) is 14.5. The van der Waals surface area contributed by atoms with Gasteiger partial charge < -0.3 is 9.80 Å². The van der Waals surface area contributed by atoms with Crippen LogP contribution in [0.5, 0.6) is 0 Å². The molecule has 2 aliphatic heterocycles. The molecule has 2 aromatic rings. The number of rotatable bonds is 3. The van der Waals surface area contributed by atoms with Gasteiger partial charge in [-0.3, -0.25) is 14.5 Å². The van der Waals surface area contributed by atoms with E-state index in [-0.39, 0.29) is 11.8 Å². The number of piperazine rings is 1. The molecule has 3 heterocycles. The first kappa shape index (κ1) is 16.3. The molecule has 7 nitrogen and oxygen atoms in total. The van der Waals surface area contributed by atoms with Crippen LogP contribution in [-0.2, 0) is 9.59 Å². The number of carbonyl (C=O) groups excluding carboxylic acids is 2. The van der Waals surface area contributed by atoms with Crippen LogP contribution in [0.1, 0.15) is 5.56 Å². The normalized spacial score (nSPS) is 18.1. The van der Waals surface area contributed by atoms with Gasteiger partial charge in [0.15, 0.2) is 0 Å². The summed E-state index contributed by atoms with van der Waals surface area (Å²) in [6.07, 6.45) is 3.44. The van der Waals surface area contributed by atoms with Crippen molar-refractivity contribution in [2.24, 2.45) is 0 Å². The molecule has 0 bridgehead atoms. The average Bonchev–Trinajstić information content (AvgIpc) is 2.93. The minimum absolute atomic E-state index is 0.238. The van der Waals surface area contributed by atoms with Gasteiger partial charge in [0.1, 0.15) is 5.70 Å². The second-order valence-corrected chi connectivity index (χ2v) is 6.28. The van der Waals surface area contributed by atoms with Crippen LogP contribution >= 0.6 is 0 Å². The molecule has 26 heavy (non-hydrogen) atoms. The number of likely N-dealkylation sites (N-methyl/N-ethyl adjacent to an activating group) is 1. The number of carbonyl (C=O) groups is 2. The minimum atomic E-state index is -0.245. The summed E-state index contributed by atoms with van der Waals surface area (Å²) in [5.41, 5.74) is 1.76. The second kappa shape index (κ2) is 6.59. The van der Waals surface area contributed by atoms with Crippen LogP contribution in [0.2, 0.25) is 0 Å². The highest BCUT2D eigenvalue weighted by atomic mass is 16.2. The molecule has 7 heteroatoms. The van der Waals surface area contributed by atoms with E-state index in [1.54, 1.807) is 18.5 Å². The van der Waals surface area contributed by atoms with Crippen molar-refractivity contribution >= 4 is 23.3 Å². The Bertz CT molecular complexity index is 858. The predicted octanol–water partition coefficient (Wildman–Crippen LogP) is 1.01. The number of hydrogen-bond donors (Lipinski definition) is 0. The highest BCUT2D eigenvalue weighted by Crippen LogP contribution is 2.31. The molecule has 1 aromatic heterocycles. The van der Waals surface area contributed by atoms with Crippen LogP contribution in [0.3, 0.4) is 0 Å². The van der Waals surface area contributed by atoms with E-state index in [0.717, 1.165) is 5.56 Å². The maximum Gasteiger partial charge on any atom is 0.277 e. The topological polar surface area (TPSA) is 69.6 Å². The molecule has 0 radical (unpaired) electrons. The smallest absolute Gasteiger partial charge is 0.277 e. The molecule has 0 saturated carbocycles. The summed E-state index contributed by atoms with van der Waals surface area (Å²) >= 11 is 0. The van der Waals surface area contributed by atoms with Crippen LogP contribution in [0.4, 0.5) is 5.95 Å². The Balaban J connectivity index is 1.62. The first-order valence-corrected chi connectivity index (χ1v) is 8.56. The van der Waals surface area contributed by atoms with Crippen molar-refractivity contribution in [3.05, 3.63) is 60.1 Å². The third kappa shape index (κ3) is 2.71. The van der Waals surface area contributed by atoms with E-state index in [1.165, 1.54) is 11.9 Å². The maximum absolute atomic E-state index is 12.7. The lowest BCUT2D eigenvalue weighted by atomic mass is 10.0. The first-order valence-electron chi connectivity index (χ1n) is 8.56. The van der Waals surface area contributed by atoms with Gasteiger partial charge in [0.25, 0.3) is 11.8 Å². The summed E-state index contributed by atoms with van der Waals surface area (Å²) in [6, 6.07) is 11.2. The van der Waals surface area contributed by atoms with Crippen molar-refractivity contribution in [1.29, 1.82) is 0 Å². The van der Waals surface area contributed by atoms with E-state index in [4.69, 9.17) is 0 Å². The van der Waals surface area contributed by atoms with Gasteiger partial charge in [0.05, 0.1) is 5.57 Å². The number of aromatic nitrogens is 2. The fraction of sp³-hybridized carbons (Fsp3) is 0.263. The summed E-state index contributed by atoms with van der Waals surface area (Å²) in [6.45, 7) is 2.66. The van der Waals surface area contributed by atoms with Crippen LogP contribution in [-0.4, -0.2) is 64.8 Å². The van der Waals surface area contributed by atoms with Gasteiger partial charge in [0, 0.05) is 45.6 Å². The van der Waals surface area contributed by atoms with Gasteiger partial charge in [-0.15, -0.1) is 0 Å². The van der Waals surface area contributed by atoms with Crippen molar-refractivity contribution < 1.29 is 9.59 Å². The second-order valence-electron chi connectivity index (χ2n) is 6.28. The van der Waals surface area contributed by atoms with E-state index in [2.05, 4.69) is 14.9 Å². The van der Waals surface area contributed by atoms with E-state index in [9.17, 15) is 9.59 Å². The quantitative estimate of drug-likeness (QED) is 0.771. The third-order valence-electron chi connectivity index (χ3n) is 4.76. The minimum Gasteiger partial charge on any atom is -0.363 e. The third-order valence-corrected chi connectivity index (χ3v) is 4.76. The standard InChI is InChI=1S/C19H19N5O2/c1-22-17(25)15(14-6-3-2-4-7-14)16(18(22)26)23-10-12-24(13-11-23)19-20-8-5-9-21-19/h2-9H,10-13H2,1H3. The zero-order chi connectivity index (χ0) is 18.1. The van der Waals surface area contributed by atoms with Crippen molar-refractivity contribution in [3.8, 4) is 0 Å². The van der Waals surface area contributed by atoms with Gasteiger partial charge in [-0.25, -0.2) is 9.97 Å². The molecule has 0 N–H and O–H groups in total. The SMILES string of the molecule is CN1C(=O)C(c2ccccc2)=C(N2CCN(c3ncccn3)CC2)C1=O. The molecular formula is C19H19N5O2. The van der Waals surface area contributed by atoms with E-state index in [0.29, 0.717) is 43.4 Å². The Morgan fingerprint density at radius 2 is 1.42 bits per heavy atom. The number of amides is 2. The molecule has 0 aliphatic carbocycles. The van der Waals surface area contributed by atoms with E-state index < -0.39 is 0 Å². The molecular weight excluding hydrogens is 330 g/mol. The Labute approximate surface area is 151 Å². The largest absolute Gasteiger partial charge is 0.363 e. The lowest BCUT2D eigenvalue weighted by Gasteiger charge is -2.36. The van der Waals surface area contributed by atoms with Crippen LogP contribution < -0.4 is 4.90 Å². The predicted molar refractivity (Wildman–Crippen MR) is 97.0 cm³/mol. The average molecular weight is 349 g/mol. The lowest BCUT2D eigenvalue weighted by molar-refractivity contribution is -0.135. The Morgan fingerprint density at radius 3 is 2.08 bits per heavy atom. The van der Waals surface area contributed by atoms with Crippen LogP contribution in [0.15, 0.2) is 54.5 Å². The Kier molecular flexibility index (Phi) is 4.12. The fourth-order valence-corrected chi connectivity index (χ4v) is 3.37. The molecule has 1 aromatic carbocycles. The molecule has 132 valence electrons. The van der Waals surface area contributed by atoms with Crippen LogP contribution in [0, 0.1) is 0 Å². The van der Waals surface area contributed by atoms with Crippen molar-refractivity contribution in [1.82, 2.24) is 19.8 Å². The zero-order valence-corrected chi connectivity index (χ0v) is 14.5. The Hall–Kier alpha value is -3.22. The maximum atomic E-state index is 12.7. The molecule has 0 spiro atoms. The summed E-state index contributed by atoms with van der Waals surface area (Å²) in [5.74, 6) is 0.207. The van der Waals surface area contributed by atoms with Crippen molar-refractivity contribution in [3.63, 3.8) is 0 Å². The summed E-state index contributed by atoms with van der Waals surface area (Å²) in [5, 5.41) is 0. The number of nitrogens with zero attached hydrogens (tertiary/aromatic N) is 5. The molecule has 1 saturated heterocycles. The lowest BCUT2D eigenvalue weighted by Crippen LogP contribution is -2.48.